The Morgan fingerprint density at radius 1 is 1.26 bits per heavy atom. The standard InChI is InChI=1S/C13H18ClF2NO2/c1-19-7-6-17(9-13(15)16)8-12(18)10-2-4-11(14)5-3-10/h2-5,12-13,18H,6-9H2,1H3. The minimum absolute atomic E-state index is 0.134. The van der Waals surface area contributed by atoms with Gasteiger partial charge in [-0.2, -0.15) is 0 Å². The lowest BCUT2D eigenvalue weighted by atomic mass is 10.1. The van der Waals surface area contributed by atoms with Gasteiger partial charge in [0.1, 0.15) is 0 Å². The van der Waals surface area contributed by atoms with Crippen LogP contribution in [0.4, 0.5) is 8.78 Å². The largest absolute Gasteiger partial charge is 0.387 e. The molecule has 0 spiro atoms. The summed E-state index contributed by atoms with van der Waals surface area (Å²) in [6.07, 6.45) is -3.26. The maximum absolute atomic E-state index is 12.4. The van der Waals surface area contributed by atoms with Crippen LogP contribution in [0, 0.1) is 0 Å². The molecule has 1 N–H and O–H groups in total. The van der Waals surface area contributed by atoms with E-state index in [1.165, 1.54) is 12.0 Å². The molecular weight excluding hydrogens is 276 g/mol. The Morgan fingerprint density at radius 2 is 1.89 bits per heavy atom. The molecule has 1 atom stereocenters. The minimum atomic E-state index is -2.44. The molecule has 0 bridgehead atoms. The third-order valence-corrected chi connectivity index (χ3v) is 2.95. The summed E-state index contributed by atoms with van der Waals surface area (Å²) in [4.78, 5) is 1.48. The SMILES string of the molecule is COCCN(CC(F)F)CC(O)c1ccc(Cl)cc1. The van der Waals surface area contributed by atoms with E-state index >= 15 is 0 Å². The molecule has 0 aliphatic carbocycles. The molecule has 0 aromatic heterocycles. The van der Waals surface area contributed by atoms with Crippen LogP contribution in [0.3, 0.4) is 0 Å². The van der Waals surface area contributed by atoms with Gasteiger partial charge in [-0.15, -0.1) is 0 Å². The maximum Gasteiger partial charge on any atom is 0.251 e. The predicted octanol–water partition coefficient (Wildman–Crippen LogP) is 2.59. The Morgan fingerprint density at radius 3 is 2.42 bits per heavy atom. The van der Waals surface area contributed by atoms with E-state index in [4.69, 9.17) is 16.3 Å². The van der Waals surface area contributed by atoms with Crippen molar-refractivity contribution in [2.45, 2.75) is 12.5 Å². The number of halogens is 3. The Hall–Kier alpha value is -0.750. The van der Waals surface area contributed by atoms with Crippen LogP contribution in [0.15, 0.2) is 24.3 Å². The van der Waals surface area contributed by atoms with Crippen molar-refractivity contribution in [3.63, 3.8) is 0 Å². The molecule has 108 valence electrons. The Labute approximate surface area is 116 Å². The molecule has 1 aromatic rings. The van der Waals surface area contributed by atoms with Crippen molar-refractivity contribution in [2.24, 2.45) is 0 Å². The van der Waals surface area contributed by atoms with Crippen LogP contribution in [0.2, 0.25) is 5.02 Å². The number of aliphatic hydroxyl groups is 1. The van der Waals surface area contributed by atoms with Crippen molar-refractivity contribution < 1.29 is 18.6 Å². The van der Waals surface area contributed by atoms with E-state index in [-0.39, 0.29) is 13.1 Å². The predicted molar refractivity (Wildman–Crippen MR) is 70.7 cm³/mol. The molecule has 0 amide bonds. The number of alkyl halides is 2. The summed E-state index contributed by atoms with van der Waals surface area (Å²) in [5, 5.41) is 10.6. The van der Waals surface area contributed by atoms with Crippen molar-refractivity contribution in [1.82, 2.24) is 4.90 Å². The van der Waals surface area contributed by atoms with Crippen LogP contribution in [0.1, 0.15) is 11.7 Å². The molecule has 0 aliphatic heterocycles. The first-order chi connectivity index (χ1) is 9.02. The highest BCUT2D eigenvalue weighted by Gasteiger charge is 2.17. The van der Waals surface area contributed by atoms with E-state index in [9.17, 15) is 13.9 Å². The topological polar surface area (TPSA) is 32.7 Å². The number of hydrogen-bond donors (Lipinski definition) is 1. The maximum atomic E-state index is 12.4. The lowest BCUT2D eigenvalue weighted by molar-refractivity contribution is 0.0406. The summed E-state index contributed by atoms with van der Waals surface area (Å²) < 4.78 is 29.7. The van der Waals surface area contributed by atoms with Gasteiger partial charge in [0, 0.05) is 25.2 Å². The second-order valence-corrected chi connectivity index (χ2v) is 4.65. The van der Waals surface area contributed by atoms with Crippen molar-refractivity contribution >= 4 is 11.6 Å². The second kappa shape index (κ2) is 8.43. The zero-order valence-corrected chi connectivity index (χ0v) is 11.5. The average molecular weight is 294 g/mol. The first-order valence-electron chi connectivity index (χ1n) is 5.96. The highest BCUT2D eigenvalue weighted by atomic mass is 35.5. The molecule has 0 saturated carbocycles. The summed E-state index contributed by atoms with van der Waals surface area (Å²) in [6, 6.07) is 6.69. The first-order valence-corrected chi connectivity index (χ1v) is 6.33. The fraction of sp³-hybridized carbons (Fsp3) is 0.538. The lowest BCUT2D eigenvalue weighted by Crippen LogP contribution is -2.35. The van der Waals surface area contributed by atoms with E-state index in [0.29, 0.717) is 23.7 Å². The van der Waals surface area contributed by atoms with Crippen molar-refractivity contribution in [3.05, 3.63) is 34.9 Å². The highest BCUT2D eigenvalue weighted by Crippen LogP contribution is 2.17. The molecule has 3 nitrogen and oxygen atoms in total. The molecule has 0 radical (unpaired) electrons. The van der Waals surface area contributed by atoms with Gasteiger partial charge in [-0.05, 0) is 17.7 Å². The van der Waals surface area contributed by atoms with Crippen LogP contribution in [-0.2, 0) is 4.74 Å². The van der Waals surface area contributed by atoms with Gasteiger partial charge in [0.2, 0.25) is 0 Å². The number of ether oxygens (including phenoxy) is 1. The Bertz CT molecular complexity index is 362. The first kappa shape index (κ1) is 16.3. The third-order valence-electron chi connectivity index (χ3n) is 2.69. The van der Waals surface area contributed by atoms with Crippen LogP contribution in [0.5, 0.6) is 0 Å². The molecule has 0 saturated heterocycles. The summed E-state index contributed by atoms with van der Waals surface area (Å²) in [5.41, 5.74) is 0.654. The fourth-order valence-electron chi connectivity index (χ4n) is 1.71. The molecule has 6 heteroatoms. The molecule has 1 rings (SSSR count). The summed E-state index contributed by atoms with van der Waals surface area (Å²) in [7, 11) is 1.51. The quantitative estimate of drug-likeness (QED) is 0.800. The molecular formula is C13H18ClF2NO2. The van der Waals surface area contributed by atoms with Crippen LogP contribution < -0.4 is 0 Å². The molecule has 0 heterocycles. The van der Waals surface area contributed by atoms with Gasteiger partial charge in [-0.3, -0.25) is 4.90 Å². The summed E-state index contributed by atoms with van der Waals surface area (Å²) in [6.45, 7) is 0.453. The summed E-state index contributed by atoms with van der Waals surface area (Å²) in [5.74, 6) is 0. The van der Waals surface area contributed by atoms with Crippen LogP contribution in [0.25, 0.3) is 0 Å². The third kappa shape index (κ3) is 6.29. The smallest absolute Gasteiger partial charge is 0.251 e. The van der Waals surface area contributed by atoms with E-state index in [1.807, 2.05) is 0 Å². The van der Waals surface area contributed by atoms with Crippen molar-refractivity contribution in [1.29, 1.82) is 0 Å². The van der Waals surface area contributed by atoms with Crippen LogP contribution in [-0.4, -0.2) is 49.8 Å². The second-order valence-electron chi connectivity index (χ2n) is 4.21. The minimum Gasteiger partial charge on any atom is -0.387 e. The molecule has 19 heavy (non-hydrogen) atoms. The van der Waals surface area contributed by atoms with Crippen molar-refractivity contribution in [2.75, 3.05) is 33.4 Å². The molecule has 0 fully saturated rings. The molecule has 0 aliphatic rings. The normalized spacial score (nSPS) is 13.2. The van der Waals surface area contributed by atoms with E-state index in [1.54, 1.807) is 24.3 Å². The number of rotatable bonds is 8. The number of hydrogen-bond acceptors (Lipinski definition) is 3. The van der Waals surface area contributed by atoms with E-state index in [2.05, 4.69) is 0 Å². The monoisotopic (exact) mass is 293 g/mol. The van der Waals surface area contributed by atoms with E-state index in [0.717, 1.165) is 0 Å². The zero-order chi connectivity index (χ0) is 14.3. The summed E-state index contributed by atoms with van der Waals surface area (Å²) >= 11 is 5.75. The zero-order valence-electron chi connectivity index (χ0n) is 10.7. The van der Waals surface area contributed by atoms with Gasteiger partial charge in [0.05, 0.1) is 19.3 Å². The van der Waals surface area contributed by atoms with Gasteiger partial charge >= 0.3 is 0 Å². The lowest BCUT2D eigenvalue weighted by Gasteiger charge is -2.24. The fourth-order valence-corrected chi connectivity index (χ4v) is 1.83. The van der Waals surface area contributed by atoms with E-state index < -0.39 is 12.5 Å². The molecule has 1 unspecified atom stereocenters. The van der Waals surface area contributed by atoms with Crippen LogP contribution >= 0.6 is 11.6 Å². The number of nitrogens with zero attached hydrogens (tertiary/aromatic N) is 1. The van der Waals surface area contributed by atoms with Crippen molar-refractivity contribution in [3.8, 4) is 0 Å². The van der Waals surface area contributed by atoms with Gasteiger partial charge in [-0.1, -0.05) is 23.7 Å². The number of benzene rings is 1. The number of aliphatic hydroxyl groups excluding tert-OH is 1. The van der Waals surface area contributed by atoms with Gasteiger partial charge in [0.25, 0.3) is 6.43 Å². The molecule has 1 aromatic carbocycles. The van der Waals surface area contributed by atoms with Gasteiger partial charge in [0.15, 0.2) is 0 Å². The van der Waals surface area contributed by atoms with Gasteiger partial charge < -0.3 is 9.84 Å². The number of methoxy groups -OCH3 is 1. The highest BCUT2D eigenvalue weighted by molar-refractivity contribution is 6.30. The Balaban J connectivity index is 2.58. The average Bonchev–Trinajstić information content (AvgIpc) is 2.36. The van der Waals surface area contributed by atoms with Gasteiger partial charge in [-0.25, -0.2) is 8.78 Å². The Kier molecular flexibility index (Phi) is 7.23.